The van der Waals surface area contributed by atoms with Crippen molar-refractivity contribution in [3.8, 4) is 0 Å². The van der Waals surface area contributed by atoms with E-state index < -0.39 is 15.6 Å². The predicted octanol–water partition coefficient (Wildman–Crippen LogP) is 2.61. The van der Waals surface area contributed by atoms with E-state index in [1.807, 2.05) is 45.0 Å². The summed E-state index contributed by atoms with van der Waals surface area (Å²) in [7, 11) is -3.32. The van der Waals surface area contributed by atoms with Gasteiger partial charge in [0.1, 0.15) is 5.60 Å². The van der Waals surface area contributed by atoms with Gasteiger partial charge in [0, 0.05) is 30.9 Å². The SMILES string of the molecule is CC(C)(C)OC(=O)N1C[C@H](CCc2ccccc2N)N2C[C@H]1CCCS2(=O)=O. The minimum atomic E-state index is -3.32. The molecule has 2 N–H and O–H groups in total. The molecule has 0 aromatic heterocycles. The van der Waals surface area contributed by atoms with Gasteiger partial charge in [0.25, 0.3) is 0 Å². The molecule has 2 fully saturated rings. The van der Waals surface area contributed by atoms with E-state index in [0.717, 1.165) is 5.56 Å². The molecule has 3 atom stereocenters. The third-order valence-corrected chi connectivity index (χ3v) is 7.34. The van der Waals surface area contributed by atoms with Crippen molar-refractivity contribution in [1.82, 2.24) is 9.21 Å². The van der Waals surface area contributed by atoms with E-state index in [1.165, 1.54) is 0 Å². The topological polar surface area (TPSA) is 92.9 Å². The number of nitrogens with zero attached hydrogens (tertiary/aromatic N) is 2. The number of para-hydroxylation sites is 1. The smallest absolute Gasteiger partial charge is 0.410 e. The van der Waals surface area contributed by atoms with Crippen LogP contribution in [0.3, 0.4) is 0 Å². The lowest BCUT2D eigenvalue weighted by Gasteiger charge is -2.44. The monoisotopic (exact) mass is 409 g/mol. The molecular formula is C20H31N3O4S. The minimum Gasteiger partial charge on any atom is -0.444 e. The zero-order valence-electron chi connectivity index (χ0n) is 16.9. The molecule has 3 rings (SSSR count). The summed E-state index contributed by atoms with van der Waals surface area (Å²) in [5, 5.41) is 0. The van der Waals surface area contributed by atoms with Gasteiger partial charge in [-0.2, -0.15) is 4.31 Å². The zero-order chi connectivity index (χ0) is 20.5. The highest BCUT2D eigenvalue weighted by molar-refractivity contribution is 7.89. The minimum absolute atomic E-state index is 0.134. The Morgan fingerprint density at radius 1 is 1.25 bits per heavy atom. The van der Waals surface area contributed by atoms with E-state index in [9.17, 15) is 13.2 Å². The quantitative estimate of drug-likeness (QED) is 0.775. The van der Waals surface area contributed by atoms with E-state index in [4.69, 9.17) is 10.5 Å². The van der Waals surface area contributed by atoms with Crippen LogP contribution in [0.5, 0.6) is 0 Å². The maximum Gasteiger partial charge on any atom is 0.410 e. The highest BCUT2D eigenvalue weighted by Gasteiger charge is 2.44. The molecule has 0 aliphatic carbocycles. The fraction of sp³-hybridized carbons (Fsp3) is 0.650. The number of benzene rings is 1. The second-order valence-corrected chi connectivity index (χ2v) is 10.7. The van der Waals surface area contributed by atoms with Crippen LogP contribution in [0, 0.1) is 0 Å². The number of ether oxygens (including phenoxy) is 1. The number of carbonyl (C=O) groups excluding carboxylic acids is 1. The van der Waals surface area contributed by atoms with Crippen molar-refractivity contribution in [3.05, 3.63) is 29.8 Å². The van der Waals surface area contributed by atoms with Gasteiger partial charge in [-0.3, -0.25) is 0 Å². The van der Waals surface area contributed by atoms with Crippen molar-refractivity contribution in [3.63, 3.8) is 0 Å². The third-order valence-electron chi connectivity index (χ3n) is 5.37. The number of rotatable bonds is 3. The van der Waals surface area contributed by atoms with Gasteiger partial charge in [0.2, 0.25) is 10.0 Å². The van der Waals surface area contributed by atoms with Gasteiger partial charge in [0.05, 0.1) is 5.75 Å². The fourth-order valence-corrected chi connectivity index (χ4v) is 5.78. The molecular weight excluding hydrogens is 378 g/mol. The van der Waals surface area contributed by atoms with Crippen molar-refractivity contribution < 1.29 is 17.9 Å². The molecule has 2 heterocycles. The summed E-state index contributed by atoms with van der Waals surface area (Å²) in [6.07, 6.45) is 2.14. The van der Waals surface area contributed by atoms with Crippen LogP contribution in [0.25, 0.3) is 0 Å². The van der Waals surface area contributed by atoms with Crippen LogP contribution in [0.2, 0.25) is 0 Å². The number of sulfonamides is 1. The number of nitrogen functional groups attached to an aromatic ring is 1. The maximum absolute atomic E-state index is 12.8. The number of nitrogens with two attached hydrogens (primary N) is 1. The molecule has 2 aliphatic rings. The van der Waals surface area contributed by atoms with Crippen LogP contribution in [-0.2, 0) is 21.2 Å². The van der Waals surface area contributed by atoms with Gasteiger partial charge in [-0.1, -0.05) is 18.2 Å². The molecule has 2 aliphatic heterocycles. The molecule has 0 saturated carbocycles. The predicted molar refractivity (Wildman–Crippen MR) is 109 cm³/mol. The van der Waals surface area contributed by atoms with Crippen LogP contribution >= 0.6 is 0 Å². The number of hydrogen-bond acceptors (Lipinski definition) is 5. The van der Waals surface area contributed by atoms with E-state index in [0.29, 0.717) is 44.5 Å². The number of fused-ring (bicyclic) bond motifs is 2. The average molecular weight is 410 g/mol. The number of amides is 1. The van der Waals surface area contributed by atoms with Crippen molar-refractivity contribution in [2.45, 2.75) is 64.1 Å². The molecule has 2 saturated heterocycles. The Kier molecular flexibility index (Phi) is 5.91. The summed E-state index contributed by atoms with van der Waals surface area (Å²) in [4.78, 5) is 14.5. The second kappa shape index (κ2) is 7.91. The average Bonchev–Trinajstić information content (AvgIpc) is 2.71. The second-order valence-electron chi connectivity index (χ2n) is 8.71. The van der Waals surface area contributed by atoms with E-state index in [-0.39, 0.29) is 23.9 Å². The molecule has 7 nitrogen and oxygen atoms in total. The van der Waals surface area contributed by atoms with Crippen molar-refractivity contribution in [2.24, 2.45) is 0 Å². The van der Waals surface area contributed by atoms with Gasteiger partial charge < -0.3 is 15.4 Å². The summed E-state index contributed by atoms with van der Waals surface area (Å²) in [5.41, 5.74) is 7.17. The molecule has 156 valence electrons. The largest absolute Gasteiger partial charge is 0.444 e. The standard InChI is InChI=1S/C20H31N3O4S/c1-20(2,3)27-19(24)22-13-17(11-10-15-7-4-5-9-18(15)21)23-14-16(22)8-6-12-28(23,25)26/h4-5,7,9,16-17H,6,8,10-14,21H2,1-3H3/t16-,17+/m1/s1. The number of aryl methyl sites for hydroxylation is 1. The van der Waals surface area contributed by atoms with Crippen LogP contribution in [0.15, 0.2) is 24.3 Å². The Labute approximate surface area is 167 Å². The van der Waals surface area contributed by atoms with Gasteiger partial charge in [-0.25, -0.2) is 13.2 Å². The highest BCUT2D eigenvalue weighted by Crippen LogP contribution is 2.30. The van der Waals surface area contributed by atoms with Gasteiger partial charge in [0.15, 0.2) is 0 Å². The van der Waals surface area contributed by atoms with Crippen LogP contribution in [0.4, 0.5) is 10.5 Å². The van der Waals surface area contributed by atoms with Gasteiger partial charge >= 0.3 is 6.09 Å². The highest BCUT2D eigenvalue weighted by atomic mass is 32.2. The Bertz CT molecular complexity index is 819. The Morgan fingerprint density at radius 2 is 1.96 bits per heavy atom. The molecule has 1 aromatic rings. The molecule has 8 heteroatoms. The molecule has 28 heavy (non-hydrogen) atoms. The zero-order valence-corrected chi connectivity index (χ0v) is 17.7. The lowest BCUT2D eigenvalue weighted by Crippen LogP contribution is -2.60. The van der Waals surface area contributed by atoms with Crippen LogP contribution in [-0.4, -0.2) is 60.2 Å². The van der Waals surface area contributed by atoms with Crippen molar-refractivity contribution >= 4 is 21.8 Å². The molecule has 1 aromatic carbocycles. The lowest BCUT2D eigenvalue weighted by atomic mass is 9.99. The first kappa shape index (κ1) is 20.9. The Balaban J connectivity index is 1.81. The van der Waals surface area contributed by atoms with Crippen LogP contribution < -0.4 is 5.73 Å². The Hall–Kier alpha value is -1.80. The first-order chi connectivity index (χ1) is 13.1. The van der Waals surface area contributed by atoms with Crippen molar-refractivity contribution in [1.29, 1.82) is 0 Å². The molecule has 1 amide bonds. The van der Waals surface area contributed by atoms with Crippen molar-refractivity contribution in [2.75, 3.05) is 24.6 Å². The number of piperazine rings is 1. The van der Waals surface area contributed by atoms with Gasteiger partial charge in [-0.05, 0) is 58.1 Å². The molecule has 1 unspecified atom stereocenters. The lowest BCUT2D eigenvalue weighted by molar-refractivity contribution is -0.00326. The first-order valence-electron chi connectivity index (χ1n) is 9.89. The molecule has 2 bridgehead atoms. The van der Waals surface area contributed by atoms with E-state index in [1.54, 1.807) is 9.21 Å². The van der Waals surface area contributed by atoms with Crippen LogP contribution in [0.1, 0.15) is 45.6 Å². The normalized spacial score (nSPS) is 27.1. The third kappa shape index (κ3) is 4.78. The summed E-state index contributed by atoms with van der Waals surface area (Å²) in [6.45, 7) is 6.22. The first-order valence-corrected chi connectivity index (χ1v) is 11.5. The van der Waals surface area contributed by atoms with Gasteiger partial charge in [-0.15, -0.1) is 0 Å². The number of carbonyl (C=O) groups is 1. The van der Waals surface area contributed by atoms with E-state index in [2.05, 4.69) is 0 Å². The summed E-state index contributed by atoms with van der Waals surface area (Å²) < 4.78 is 32.8. The molecule has 0 radical (unpaired) electrons. The number of hydrogen-bond donors (Lipinski definition) is 1. The summed E-state index contributed by atoms with van der Waals surface area (Å²) in [5.74, 6) is 0.135. The Morgan fingerprint density at radius 3 is 2.64 bits per heavy atom. The summed E-state index contributed by atoms with van der Waals surface area (Å²) in [6, 6.07) is 7.22. The number of anilines is 1. The fourth-order valence-electron chi connectivity index (χ4n) is 3.99. The summed E-state index contributed by atoms with van der Waals surface area (Å²) >= 11 is 0. The molecule has 0 spiro atoms. The maximum atomic E-state index is 12.8. The van der Waals surface area contributed by atoms with E-state index >= 15 is 0 Å².